The molecule has 1 aromatic heterocycles. The fraction of sp³-hybridized carbons (Fsp3) is 0.429. The molecule has 0 amide bonds. The Bertz CT molecular complexity index is 693. The lowest BCUT2D eigenvalue weighted by molar-refractivity contribution is 0.501. The largest absolute Gasteiger partial charge is 0.298 e. The number of hydrogen-bond donors (Lipinski definition) is 1. The maximum atomic E-state index is 11.5. The van der Waals surface area contributed by atoms with Gasteiger partial charge in [-0.3, -0.25) is 4.57 Å². The van der Waals surface area contributed by atoms with E-state index in [9.17, 15) is 8.42 Å². The van der Waals surface area contributed by atoms with E-state index in [4.69, 9.17) is 5.14 Å². The van der Waals surface area contributed by atoms with E-state index in [1.807, 2.05) is 32.0 Å². The Labute approximate surface area is 125 Å². The van der Waals surface area contributed by atoms with Crippen LogP contribution in [0.25, 0.3) is 0 Å². The molecule has 0 bridgehead atoms. The van der Waals surface area contributed by atoms with Crippen molar-refractivity contribution in [2.75, 3.05) is 0 Å². The van der Waals surface area contributed by atoms with E-state index in [0.717, 1.165) is 12.8 Å². The summed E-state index contributed by atoms with van der Waals surface area (Å²) in [6.45, 7) is 3.78. The van der Waals surface area contributed by atoms with Crippen LogP contribution in [0.3, 0.4) is 0 Å². The number of aromatic nitrogens is 3. The second kappa shape index (κ2) is 6.36. The van der Waals surface area contributed by atoms with Gasteiger partial charge in [-0.1, -0.05) is 30.3 Å². The van der Waals surface area contributed by atoms with Gasteiger partial charge in [-0.15, -0.1) is 10.2 Å². The van der Waals surface area contributed by atoms with Crippen LogP contribution in [0, 0.1) is 0 Å². The van der Waals surface area contributed by atoms with E-state index in [1.165, 1.54) is 5.56 Å². The van der Waals surface area contributed by atoms with Crippen LogP contribution in [0.5, 0.6) is 0 Å². The summed E-state index contributed by atoms with van der Waals surface area (Å²) in [5.74, 6) is 0.657. The van der Waals surface area contributed by atoms with Crippen molar-refractivity contribution in [3.8, 4) is 0 Å². The topological polar surface area (TPSA) is 90.9 Å². The van der Waals surface area contributed by atoms with Crippen LogP contribution in [0.4, 0.5) is 0 Å². The lowest BCUT2D eigenvalue weighted by Gasteiger charge is -2.12. The molecule has 0 aliphatic rings. The Morgan fingerprint density at radius 3 is 2.38 bits per heavy atom. The number of nitrogens with two attached hydrogens (primary N) is 1. The van der Waals surface area contributed by atoms with Gasteiger partial charge in [-0.2, -0.15) is 0 Å². The van der Waals surface area contributed by atoms with Crippen molar-refractivity contribution in [1.82, 2.24) is 14.8 Å². The van der Waals surface area contributed by atoms with Crippen molar-refractivity contribution in [2.45, 2.75) is 44.3 Å². The predicted molar refractivity (Wildman–Crippen MR) is 80.2 cm³/mol. The molecule has 0 aliphatic carbocycles. The number of sulfonamides is 1. The molecule has 0 atom stereocenters. The Hall–Kier alpha value is -1.73. The lowest BCUT2D eigenvalue weighted by Crippen LogP contribution is -2.20. The third kappa shape index (κ3) is 3.89. The zero-order chi connectivity index (χ0) is 15.5. The first-order valence-corrected chi connectivity index (χ1v) is 8.44. The van der Waals surface area contributed by atoms with Crippen LogP contribution in [-0.4, -0.2) is 23.2 Å². The van der Waals surface area contributed by atoms with Crippen LogP contribution in [0.2, 0.25) is 0 Å². The molecule has 7 heteroatoms. The minimum Gasteiger partial charge on any atom is -0.298 e. The van der Waals surface area contributed by atoms with Crippen molar-refractivity contribution in [1.29, 1.82) is 0 Å². The molecule has 0 saturated carbocycles. The van der Waals surface area contributed by atoms with E-state index in [0.29, 0.717) is 12.2 Å². The number of nitrogens with zero attached hydrogens (tertiary/aromatic N) is 3. The van der Waals surface area contributed by atoms with E-state index >= 15 is 0 Å². The molecule has 0 unspecified atom stereocenters. The molecule has 1 aromatic carbocycles. The van der Waals surface area contributed by atoms with E-state index < -0.39 is 10.0 Å². The highest BCUT2D eigenvalue weighted by atomic mass is 32.2. The molecule has 0 aliphatic heterocycles. The first kappa shape index (κ1) is 15.7. The summed E-state index contributed by atoms with van der Waals surface area (Å²) in [7, 11) is -3.85. The van der Waals surface area contributed by atoms with Gasteiger partial charge >= 0.3 is 0 Å². The van der Waals surface area contributed by atoms with Crippen molar-refractivity contribution in [2.24, 2.45) is 5.14 Å². The van der Waals surface area contributed by atoms with Gasteiger partial charge in [0.1, 0.15) is 5.82 Å². The number of hydrogen-bond acceptors (Lipinski definition) is 4. The van der Waals surface area contributed by atoms with Gasteiger partial charge in [0.2, 0.25) is 0 Å². The molecule has 2 rings (SSSR count). The first-order valence-electron chi connectivity index (χ1n) is 6.90. The Morgan fingerprint density at radius 2 is 1.81 bits per heavy atom. The summed E-state index contributed by atoms with van der Waals surface area (Å²) in [6, 6.07) is 10.1. The average Bonchev–Trinajstić information content (AvgIpc) is 2.84. The third-order valence-electron chi connectivity index (χ3n) is 3.21. The molecule has 0 spiro atoms. The van der Waals surface area contributed by atoms with Crippen molar-refractivity contribution >= 4 is 10.0 Å². The highest BCUT2D eigenvalue weighted by Gasteiger charge is 2.22. The monoisotopic (exact) mass is 308 g/mol. The molecular formula is C14H20N4O2S. The Balaban J connectivity index is 2.12. The van der Waals surface area contributed by atoms with Gasteiger partial charge in [0, 0.05) is 12.5 Å². The van der Waals surface area contributed by atoms with E-state index in [-0.39, 0.29) is 11.2 Å². The van der Waals surface area contributed by atoms with Crippen molar-refractivity contribution < 1.29 is 8.42 Å². The molecule has 2 aromatic rings. The van der Waals surface area contributed by atoms with E-state index in [2.05, 4.69) is 22.3 Å². The third-order valence-corrected chi connectivity index (χ3v) is 4.00. The summed E-state index contributed by atoms with van der Waals surface area (Å²) in [5.41, 5.74) is 1.25. The predicted octanol–water partition coefficient (Wildman–Crippen LogP) is 1.68. The zero-order valence-electron chi connectivity index (χ0n) is 12.2. The van der Waals surface area contributed by atoms with Crippen LogP contribution in [0.15, 0.2) is 35.5 Å². The molecule has 1 heterocycles. The molecule has 2 N–H and O–H groups in total. The normalized spacial score (nSPS) is 12.0. The number of benzene rings is 1. The van der Waals surface area contributed by atoms with Gasteiger partial charge in [0.25, 0.3) is 15.2 Å². The van der Waals surface area contributed by atoms with Gasteiger partial charge in [-0.05, 0) is 32.3 Å². The fourth-order valence-corrected chi connectivity index (χ4v) is 3.03. The number of aryl methyl sites for hydroxylation is 2. The van der Waals surface area contributed by atoms with Crippen molar-refractivity contribution in [3.05, 3.63) is 41.7 Å². The molecule has 0 radical (unpaired) electrons. The maximum Gasteiger partial charge on any atom is 0.273 e. The summed E-state index contributed by atoms with van der Waals surface area (Å²) in [5, 5.41) is 12.7. The summed E-state index contributed by atoms with van der Waals surface area (Å²) in [6.07, 6.45) is 2.45. The molecule has 114 valence electrons. The van der Waals surface area contributed by atoms with Gasteiger partial charge in [-0.25, -0.2) is 13.6 Å². The Morgan fingerprint density at radius 1 is 1.14 bits per heavy atom. The summed E-state index contributed by atoms with van der Waals surface area (Å²) >= 11 is 0. The first-order chi connectivity index (χ1) is 9.89. The van der Waals surface area contributed by atoms with Crippen molar-refractivity contribution in [3.63, 3.8) is 0 Å². The highest BCUT2D eigenvalue weighted by molar-refractivity contribution is 7.89. The molecule has 0 saturated heterocycles. The summed E-state index contributed by atoms with van der Waals surface area (Å²) in [4.78, 5) is 0. The minimum absolute atomic E-state index is 0.0555. The van der Waals surface area contributed by atoms with Gasteiger partial charge in [0.05, 0.1) is 0 Å². The highest BCUT2D eigenvalue weighted by Crippen LogP contribution is 2.16. The second-order valence-corrected chi connectivity index (χ2v) is 6.70. The average molecular weight is 308 g/mol. The SMILES string of the molecule is CC(C)n1c(CCCc2ccccc2)nnc1S(N)(=O)=O. The van der Waals surface area contributed by atoms with Gasteiger partial charge < -0.3 is 0 Å². The standard InChI is InChI=1S/C14H20N4O2S/c1-11(2)18-13(16-17-14(18)21(15,19)20)10-6-9-12-7-4-3-5-8-12/h3-5,7-8,11H,6,9-10H2,1-2H3,(H2,15,19,20). The zero-order valence-corrected chi connectivity index (χ0v) is 13.0. The lowest BCUT2D eigenvalue weighted by atomic mass is 10.1. The molecule has 6 nitrogen and oxygen atoms in total. The van der Waals surface area contributed by atoms with E-state index in [1.54, 1.807) is 4.57 Å². The van der Waals surface area contributed by atoms with Crippen LogP contribution >= 0.6 is 0 Å². The fourth-order valence-electron chi connectivity index (χ4n) is 2.29. The molecule has 21 heavy (non-hydrogen) atoms. The molecular weight excluding hydrogens is 288 g/mol. The summed E-state index contributed by atoms with van der Waals surface area (Å²) < 4.78 is 24.6. The minimum atomic E-state index is -3.85. The quantitative estimate of drug-likeness (QED) is 0.879. The maximum absolute atomic E-state index is 11.5. The van der Waals surface area contributed by atoms with Crippen LogP contribution in [-0.2, 0) is 22.9 Å². The number of rotatable bonds is 6. The van der Waals surface area contributed by atoms with Gasteiger partial charge in [0.15, 0.2) is 0 Å². The van der Waals surface area contributed by atoms with Crippen LogP contribution in [0.1, 0.15) is 37.7 Å². The Kier molecular flexibility index (Phi) is 4.74. The second-order valence-electron chi connectivity index (χ2n) is 5.25. The van der Waals surface area contributed by atoms with Crippen LogP contribution < -0.4 is 5.14 Å². The number of primary sulfonamides is 1. The molecule has 0 fully saturated rings. The smallest absolute Gasteiger partial charge is 0.273 e.